The zero-order valence-electron chi connectivity index (χ0n) is 10.7. The molecule has 0 saturated heterocycles. The van der Waals surface area contributed by atoms with Gasteiger partial charge < -0.3 is 10.1 Å². The molecule has 0 spiro atoms. The lowest BCUT2D eigenvalue weighted by Crippen LogP contribution is -2.13. The Morgan fingerprint density at radius 2 is 2.10 bits per heavy atom. The Labute approximate surface area is 117 Å². The standard InChI is InChI=1S/C12H10F2N6O/c13-8-1-2-10(9(14)7-8)21-6-5-15-11-3-4-12-16-18-19-20(12)17-11/h1-4,7H,5-6H2,(H,15,17). The number of nitrogens with zero attached hydrogens (tertiary/aromatic N) is 5. The van der Waals surface area contributed by atoms with Crippen LogP contribution in [0.15, 0.2) is 30.3 Å². The fourth-order valence-corrected chi connectivity index (χ4v) is 1.68. The predicted octanol–water partition coefficient (Wildman–Crippen LogP) is 1.29. The number of anilines is 1. The Balaban J connectivity index is 1.53. The number of ether oxygens (including phenoxy) is 1. The molecule has 2 aromatic heterocycles. The minimum atomic E-state index is -0.733. The molecule has 0 amide bonds. The van der Waals surface area contributed by atoms with Crippen molar-refractivity contribution in [3.05, 3.63) is 42.0 Å². The van der Waals surface area contributed by atoms with Crippen LogP contribution in [-0.2, 0) is 0 Å². The van der Waals surface area contributed by atoms with Crippen molar-refractivity contribution in [3.63, 3.8) is 0 Å². The third-order valence-corrected chi connectivity index (χ3v) is 2.63. The summed E-state index contributed by atoms with van der Waals surface area (Å²) in [5.74, 6) is -0.819. The third kappa shape index (κ3) is 3.02. The number of hydrogen-bond acceptors (Lipinski definition) is 6. The highest BCUT2D eigenvalue weighted by atomic mass is 19.1. The molecule has 1 aromatic carbocycles. The van der Waals surface area contributed by atoms with Crippen LogP contribution in [0.2, 0.25) is 0 Å². The molecule has 21 heavy (non-hydrogen) atoms. The number of aromatic nitrogens is 5. The number of rotatable bonds is 5. The smallest absolute Gasteiger partial charge is 0.200 e. The van der Waals surface area contributed by atoms with Crippen LogP contribution in [0.3, 0.4) is 0 Å². The molecule has 0 saturated carbocycles. The fourth-order valence-electron chi connectivity index (χ4n) is 1.68. The van der Waals surface area contributed by atoms with Crippen LogP contribution in [-0.4, -0.2) is 38.4 Å². The molecule has 3 rings (SSSR count). The number of benzene rings is 1. The molecule has 0 radical (unpaired) electrons. The summed E-state index contributed by atoms with van der Waals surface area (Å²) in [6, 6.07) is 6.57. The normalized spacial score (nSPS) is 10.8. The fraction of sp³-hybridized carbons (Fsp3) is 0.167. The molecule has 108 valence electrons. The summed E-state index contributed by atoms with van der Waals surface area (Å²) in [6.45, 7) is 0.579. The number of fused-ring (bicyclic) bond motifs is 1. The third-order valence-electron chi connectivity index (χ3n) is 2.63. The Hall–Kier alpha value is -2.84. The first kappa shape index (κ1) is 13.2. The average molecular weight is 292 g/mol. The van der Waals surface area contributed by atoms with Gasteiger partial charge in [-0.3, -0.25) is 0 Å². The van der Waals surface area contributed by atoms with E-state index in [9.17, 15) is 8.78 Å². The summed E-state index contributed by atoms with van der Waals surface area (Å²) in [5.41, 5.74) is 0.533. The molecule has 2 heterocycles. The van der Waals surface area contributed by atoms with Crippen LogP contribution in [0.1, 0.15) is 0 Å². The highest BCUT2D eigenvalue weighted by molar-refractivity contribution is 5.42. The maximum absolute atomic E-state index is 13.3. The van der Waals surface area contributed by atoms with Crippen LogP contribution in [0.4, 0.5) is 14.6 Å². The molecule has 9 heteroatoms. The van der Waals surface area contributed by atoms with Gasteiger partial charge >= 0.3 is 0 Å². The lowest BCUT2D eigenvalue weighted by atomic mass is 10.3. The summed E-state index contributed by atoms with van der Waals surface area (Å²) in [6.07, 6.45) is 0. The monoisotopic (exact) mass is 292 g/mol. The van der Waals surface area contributed by atoms with E-state index in [0.717, 1.165) is 12.1 Å². The quantitative estimate of drug-likeness (QED) is 0.714. The van der Waals surface area contributed by atoms with Crippen LogP contribution in [0.25, 0.3) is 5.65 Å². The maximum atomic E-state index is 13.3. The molecule has 0 aliphatic heterocycles. The second kappa shape index (κ2) is 5.65. The molecule has 0 bridgehead atoms. The summed E-state index contributed by atoms with van der Waals surface area (Å²) in [7, 11) is 0. The van der Waals surface area contributed by atoms with Gasteiger partial charge in [-0.05, 0) is 34.7 Å². The lowest BCUT2D eigenvalue weighted by Gasteiger charge is -2.08. The second-order valence-electron chi connectivity index (χ2n) is 4.10. The van der Waals surface area contributed by atoms with Crippen LogP contribution in [0.5, 0.6) is 5.75 Å². The predicted molar refractivity (Wildman–Crippen MR) is 68.9 cm³/mol. The summed E-state index contributed by atoms with van der Waals surface area (Å²) in [5, 5.41) is 17.9. The van der Waals surface area contributed by atoms with E-state index in [-0.39, 0.29) is 12.4 Å². The second-order valence-corrected chi connectivity index (χ2v) is 4.10. The molecule has 1 N–H and O–H groups in total. The van der Waals surface area contributed by atoms with Crippen LogP contribution < -0.4 is 10.1 Å². The van der Waals surface area contributed by atoms with Gasteiger partial charge in [0.2, 0.25) is 0 Å². The highest BCUT2D eigenvalue weighted by Gasteiger charge is 2.05. The van der Waals surface area contributed by atoms with Crippen LogP contribution >= 0.6 is 0 Å². The van der Waals surface area contributed by atoms with Gasteiger partial charge in [0.25, 0.3) is 0 Å². The first-order valence-corrected chi connectivity index (χ1v) is 6.09. The van der Waals surface area contributed by atoms with Gasteiger partial charge in [0.05, 0.1) is 6.54 Å². The Bertz CT molecular complexity index is 762. The number of nitrogens with one attached hydrogen (secondary N) is 1. The average Bonchev–Trinajstić information content (AvgIpc) is 2.93. The van der Waals surface area contributed by atoms with E-state index in [0.29, 0.717) is 18.0 Å². The van der Waals surface area contributed by atoms with Crippen molar-refractivity contribution in [2.24, 2.45) is 0 Å². The molecular formula is C12H10F2N6O. The van der Waals surface area contributed by atoms with E-state index in [1.165, 1.54) is 10.7 Å². The van der Waals surface area contributed by atoms with E-state index >= 15 is 0 Å². The van der Waals surface area contributed by atoms with E-state index in [1.807, 2.05) is 0 Å². The molecular weight excluding hydrogens is 282 g/mol. The van der Waals surface area contributed by atoms with Gasteiger partial charge in [0, 0.05) is 6.07 Å². The van der Waals surface area contributed by atoms with Gasteiger partial charge in [0.15, 0.2) is 17.2 Å². The number of tetrazole rings is 1. The van der Waals surface area contributed by atoms with Gasteiger partial charge in [-0.1, -0.05) is 0 Å². The maximum Gasteiger partial charge on any atom is 0.200 e. The molecule has 0 aliphatic rings. The topological polar surface area (TPSA) is 77.2 Å². The number of hydrogen-bond donors (Lipinski definition) is 1. The molecule has 0 atom stereocenters. The largest absolute Gasteiger partial charge is 0.489 e. The lowest BCUT2D eigenvalue weighted by molar-refractivity contribution is 0.314. The molecule has 0 fully saturated rings. The Kier molecular flexibility index (Phi) is 3.54. The van der Waals surface area contributed by atoms with Crippen molar-refractivity contribution in [2.45, 2.75) is 0 Å². The molecule has 7 nitrogen and oxygen atoms in total. The summed E-state index contributed by atoms with van der Waals surface area (Å²) < 4.78 is 32.5. The van der Waals surface area contributed by atoms with Gasteiger partial charge in [0.1, 0.15) is 18.2 Å². The van der Waals surface area contributed by atoms with E-state index in [2.05, 4.69) is 25.9 Å². The van der Waals surface area contributed by atoms with Crippen molar-refractivity contribution < 1.29 is 13.5 Å². The Morgan fingerprint density at radius 3 is 2.95 bits per heavy atom. The summed E-state index contributed by atoms with van der Waals surface area (Å²) in [4.78, 5) is 0. The van der Waals surface area contributed by atoms with Crippen LogP contribution in [0, 0.1) is 11.6 Å². The van der Waals surface area contributed by atoms with Crippen molar-refractivity contribution in [3.8, 4) is 5.75 Å². The Morgan fingerprint density at radius 1 is 1.19 bits per heavy atom. The van der Waals surface area contributed by atoms with Crippen molar-refractivity contribution in [2.75, 3.05) is 18.5 Å². The first-order valence-electron chi connectivity index (χ1n) is 6.09. The highest BCUT2D eigenvalue weighted by Crippen LogP contribution is 2.17. The molecule has 0 aliphatic carbocycles. The van der Waals surface area contributed by atoms with Gasteiger partial charge in [-0.25, -0.2) is 8.78 Å². The van der Waals surface area contributed by atoms with E-state index in [4.69, 9.17) is 4.74 Å². The van der Waals surface area contributed by atoms with Gasteiger partial charge in [-0.15, -0.1) is 14.8 Å². The number of halogens is 2. The van der Waals surface area contributed by atoms with E-state index < -0.39 is 11.6 Å². The van der Waals surface area contributed by atoms with Gasteiger partial charge in [-0.2, -0.15) is 0 Å². The molecule has 0 unspecified atom stereocenters. The SMILES string of the molecule is Fc1ccc(OCCNc2ccc3nnnn3n2)c(F)c1. The summed E-state index contributed by atoms with van der Waals surface area (Å²) >= 11 is 0. The van der Waals surface area contributed by atoms with Crippen molar-refractivity contribution >= 4 is 11.5 Å². The van der Waals surface area contributed by atoms with E-state index in [1.54, 1.807) is 12.1 Å². The van der Waals surface area contributed by atoms with Crippen molar-refractivity contribution in [1.82, 2.24) is 25.3 Å². The minimum Gasteiger partial charge on any atom is -0.489 e. The first-order chi connectivity index (χ1) is 10.2. The molecule has 3 aromatic rings. The zero-order valence-corrected chi connectivity index (χ0v) is 10.7. The minimum absolute atomic E-state index is 0.00193. The van der Waals surface area contributed by atoms with Crippen molar-refractivity contribution in [1.29, 1.82) is 0 Å². The zero-order chi connectivity index (χ0) is 14.7.